The van der Waals surface area contributed by atoms with Crippen molar-refractivity contribution in [2.75, 3.05) is 0 Å². The highest BCUT2D eigenvalue weighted by Gasteiger charge is 2.29. The molecule has 1 aliphatic rings. The first kappa shape index (κ1) is 8.56. The van der Waals surface area contributed by atoms with Crippen molar-refractivity contribution < 1.29 is 9.59 Å². The van der Waals surface area contributed by atoms with Gasteiger partial charge in [-0.1, -0.05) is 0 Å². The third-order valence-corrected chi connectivity index (χ3v) is 2.97. The van der Waals surface area contributed by atoms with E-state index in [4.69, 9.17) is 0 Å². The van der Waals surface area contributed by atoms with E-state index in [-0.39, 0.29) is 11.7 Å². The number of carbonyl (C=O) groups excluding carboxylic acids is 2. The quantitative estimate of drug-likeness (QED) is 0.683. The van der Waals surface area contributed by atoms with Crippen LogP contribution in [-0.4, -0.2) is 17.1 Å². The smallest absolute Gasteiger partial charge is 0.161 e. The van der Waals surface area contributed by atoms with Gasteiger partial charge in [-0.15, -0.1) is 11.3 Å². The van der Waals surface area contributed by atoms with E-state index < -0.39 is 0 Å². The molecule has 4 heteroatoms. The van der Waals surface area contributed by atoms with E-state index in [9.17, 15) is 9.59 Å². The van der Waals surface area contributed by atoms with Crippen LogP contribution in [0.2, 0.25) is 0 Å². The van der Waals surface area contributed by atoms with Gasteiger partial charge in [0.15, 0.2) is 6.29 Å². The Morgan fingerprint density at radius 2 is 2.46 bits per heavy atom. The van der Waals surface area contributed by atoms with Crippen LogP contribution in [0.25, 0.3) is 0 Å². The molecule has 0 aromatic carbocycles. The zero-order valence-electron chi connectivity index (χ0n) is 7.03. The van der Waals surface area contributed by atoms with E-state index >= 15 is 0 Å². The molecule has 0 atom stereocenters. The first-order valence-corrected chi connectivity index (χ1v) is 5.04. The molecule has 0 spiro atoms. The standard InChI is InChI=1S/C9H9NO2S/c11-5-7-4-10-9(13-7)3-8(12)6-1-2-6/h4-6H,1-3H2. The van der Waals surface area contributed by atoms with Crippen LogP contribution in [0.15, 0.2) is 6.20 Å². The molecule has 0 N–H and O–H groups in total. The maximum atomic E-state index is 11.4. The molecule has 1 aromatic heterocycles. The Bertz CT molecular complexity index is 341. The SMILES string of the molecule is O=Cc1cnc(CC(=O)C2CC2)s1. The summed E-state index contributed by atoms with van der Waals surface area (Å²) in [4.78, 5) is 26.3. The highest BCUT2D eigenvalue weighted by Crippen LogP contribution is 2.31. The molecule has 1 saturated carbocycles. The molecule has 0 amide bonds. The van der Waals surface area contributed by atoms with Crippen LogP contribution in [0.5, 0.6) is 0 Å². The van der Waals surface area contributed by atoms with Crippen LogP contribution < -0.4 is 0 Å². The highest BCUT2D eigenvalue weighted by atomic mass is 32.1. The monoisotopic (exact) mass is 195 g/mol. The number of hydrogen-bond donors (Lipinski definition) is 0. The molecule has 1 heterocycles. The Morgan fingerprint density at radius 3 is 3.00 bits per heavy atom. The summed E-state index contributed by atoms with van der Waals surface area (Å²) in [6, 6.07) is 0. The van der Waals surface area contributed by atoms with E-state index in [0.717, 1.165) is 24.1 Å². The van der Waals surface area contributed by atoms with Crippen LogP contribution in [0.1, 0.15) is 27.5 Å². The average Bonchev–Trinajstić information content (AvgIpc) is 2.88. The van der Waals surface area contributed by atoms with Crippen molar-refractivity contribution in [3.05, 3.63) is 16.1 Å². The fourth-order valence-corrected chi connectivity index (χ4v) is 1.90. The number of aldehydes is 1. The van der Waals surface area contributed by atoms with Crippen LogP contribution in [0.4, 0.5) is 0 Å². The number of Topliss-reactive ketones (excluding diaryl/α,β-unsaturated/α-hetero) is 1. The average molecular weight is 195 g/mol. The summed E-state index contributed by atoms with van der Waals surface area (Å²) in [5, 5.41) is 0.763. The zero-order valence-corrected chi connectivity index (χ0v) is 7.84. The largest absolute Gasteiger partial charge is 0.299 e. The highest BCUT2D eigenvalue weighted by molar-refractivity contribution is 7.13. The minimum atomic E-state index is 0.270. The molecule has 0 bridgehead atoms. The van der Waals surface area contributed by atoms with Crippen LogP contribution in [0.3, 0.4) is 0 Å². The molecule has 0 aliphatic heterocycles. The van der Waals surface area contributed by atoms with E-state index in [1.54, 1.807) is 0 Å². The summed E-state index contributed by atoms with van der Waals surface area (Å²) >= 11 is 1.31. The molecule has 0 radical (unpaired) electrons. The normalized spacial score (nSPS) is 15.7. The summed E-state index contributed by atoms with van der Waals surface area (Å²) < 4.78 is 0. The molecule has 3 nitrogen and oxygen atoms in total. The summed E-state index contributed by atoms with van der Waals surface area (Å²) in [5.41, 5.74) is 0. The van der Waals surface area contributed by atoms with Gasteiger partial charge in [0.2, 0.25) is 0 Å². The van der Waals surface area contributed by atoms with Gasteiger partial charge in [0.25, 0.3) is 0 Å². The lowest BCUT2D eigenvalue weighted by Gasteiger charge is -1.91. The topological polar surface area (TPSA) is 47.0 Å². The molecule has 0 unspecified atom stereocenters. The van der Waals surface area contributed by atoms with Crippen molar-refractivity contribution in [3.63, 3.8) is 0 Å². The van der Waals surface area contributed by atoms with Gasteiger partial charge in [-0.3, -0.25) is 9.59 Å². The van der Waals surface area contributed by atoms with Gasteiger partial charge in [0.05, 0.1) is 11.3 Å². The second-order valence-electron chi connectivity index (χ2n) is 3.19. The molecule has 1 aromatic rings. The first-order valence-electron chi connectivity index (χ1n) is 4.22. The molecular weight excluding hydrogens is 186 g/mol. The van der Waals surface area contributed by atoms with Crippen molar-refractivity contribution in [1.29, 1.82) is 0 Å². The second-order valence-corrected chi connectivity index (χ2v) is 4.34. The number of hydrogen-bond acceptors (Lipinski definition) is 4. The lowest BCUT2D eigenvalue weighted by atomic mass is 10.2. The number of rotatable bonds is 4. The van der Waals surface area contributed by atoms with Gasteiger partial charge in [0, 0.05) is 12.1 Å². The van der Waals surface area contributed by atoms with E-state index in [1.165, 1.54) is 17.5 Å². The number of carbonyl (C=O) groups is 2. The molecular formula is C9H9NO2S. The van der Waals surface area contributed by atoms with Crippen molar-refractivity contribution in [3.8, 4) is 0 Å². The summed E-state index contributed by atoms with van der Waals surface area (Å²) in [7, 11) is 0. The van der Waals surface area contributed by atoms with Crippen molar-refractivity contribution in [2.45, 2.75) is 19.3 Å². The fourth-order valence-electron chi connectivity index (χ4n) is 1.16. The Hall–Kier alpha value is -1.03. The van der Waals surface area contributed by atoms with Crippen molar-refractivity contribution in [2.24, 2.45) is 5.92 Å². The van der Waals surface area contributed by atoms with Crippen molar-refractivity contribution in [1.82, 2.24) is 4.98 Å². The van der Waals surface area contributed by atoms with Gasteiger partial charge in [-0.25, -0.2) is 4.98 Å². The number of nitrogens with zero attached hydrogens (tertiary/aromatic N) is 1. The maximum absolute atomic E-state index is 11.4. The Morgan fingerprint density at radius 1 is 1.69 bits per heavy atom. The van der Waals surface area contributed by atoms with Gasteiger partial charge in [-0.2, -0.15) is 0 Å². The van der Waals surface area contributed by atoms with Gasteiger partial charge < -0.3 is 0 Å². The van der Waals surface area contributed by atoms with Crippen LogP contribution >= 0.6 is 11.3 Å². The predicted octanol–water partition coefficient (Wildman–Crippen LogP) is 1.48. The van der Waals surface area contributed by atoms with Crippen LogP contribution in [0, 0.1) is 5.92 Å². The van der Waals surface area contributed by atoms with Crippen molar-refractivity contribution >= 4 is 23.4 Å². The lowest BCUT2D eigenvalue weighted by Crippen LogP contribution is -2.03. The molecule has 68 valence electrons. The van der Waals surface area contributed by atoms with Crippen LogP contribution in [-0.2, 0) is 11.2 Å². The van der Waals surface area contributed by atoms with Gasteiger partial charge in [-0.05, 0) is 12.8 Å². The zero-order chi connectivity index (χ0) is 9.26. The predicted molar refractivity (Wildman–Crippen MR) is 48.9 cm³/mol. The number of ketones is 1. The molecule has 1 aliphatic carbocycles. The summed E-state index contributed by atoms with van der Waals surface area (Å²) in [6.07, 6.45) is 4.76. The van der Waals surface area contributed by atoms with E-state index in [0.29, 0.717) is 11.3 Å². The maximum Gasteiger partial charge on any atom is 0.161 e. The Balaban J connectivity index is 2.00. The number of thiazole rings is 1. The molecule has 13 heavy (non-hydrogen) atoms. The fraction of sp³-hybridized carbons (Fsp3) is 0.444. The lowest BCUT2D eigenvalue weighted by molar-refractivity contribution is -0.119. The first-order chi connectivity index (χ1) is 6.29. The van der Waals surface area contributed by atoms with Gasteiger partial charge in [0.1, 0.15) is 10.8 Å². The third kappa shape index (κ3) is 2.01. The minimum absolute atomic E-state index is 0.270. The number of aromatic nitrogens is 1. The van der Waals surface area contributed by atoms with E-state index in [1.807, 2.05) is 0 Å². The Kier molecular flexibility index (Phi) is 2.22. The third-order valence-electron chi connectivity index (χ3n) is 2.05. The summed E-state index contributed by atoms with van der Waals surface area (Å²) in [5.74, 6) is 0.551. The summed E-state index contributed by atoms with van der Waals surface area (Å²) in [6.45, 7) is 0. The molecule has 1 fully saturated rings. The van der Waals surface area contributed by atoms with Gasteiger partial charge >= 0.3 is 0 Å². The second kappa shape index (κ2) is 3.38. The molecule has 2 rings (SSSR count). The minimum Gasteiger partial charge on any atom is -0.299 e. The Labute approximate surface area is 79.8 Å². The van der Waals surface area contributed by atoms with E-state index in [2.05, 4.69) is 4.98 Å². The molecule has 0 saturated heterocycles.